The summed E-state index contributed by atoms with van der Waals surface area (Å²) < 4.78 is 21.8. The van der Waals surface area contributed by atoms with Crippen LogP contribution in [-0.2, 0) is 32.5 Å². The van der Waals surface area contributed by atoms with Gasteiger partial charge in [0.25, 0.3) is 0 Å². The topological polar surface area (TPSA) is 27.7 Å². The van der Waals surface area contributed by atoms with E-state index in [-0.39, 0.29) is 32.5 Å². The normalized spacial score (nSPS) is 13.4. The second kappa shape index (κ2) is 17.1. The van der Waals surface area contributed by atoms with Crippen LogP contribution >= 0.6 is 8.60 Å². The molecule has 0 bridgehead atoms. The molecule has 4 heteroatoms. The van der Waals surface area contributed by atoms with Crippen molar-refractivity contribution < 1.29 is 13.6 Å². The summed E-state index contributed by atoms with van der Waals surface area (Å²) in [7, 11) is -1.96. The molecule has 0 amide bonds. The van der Waals surface area contributed by atoms with Gasteiger partial charge in [0.15, 0.2) is 0 Å². The molecule has 308 valence electrons. The third kappa shape index (κ3) is 10.1. The first kappa shape index (κ1) is 46.9. The highest BCUT2D eigenvalue weighted by molar-refractivity contribution is 7.43. The lowest BCUT2D eigenvalue weighted by molar-refractivity contribution is 0.364. The Kier molecular flexibility index (Phi) is 14.6. The van der Waals surface area contributed by atoms with Crippen molar-refractivity contribution >= 4 is 8.60 Å². The molecule has 55 heavy (non-hydrogen) atoms. The Morgan fingerprint density at radius 1 is 0.327 bits per heavy atom. The van der Waals surface area contributed by atoms with Gasteiger partial charge in [0.1, 0.15) is 17.2 Å². The summed E-state index contributed by atoms with van der Waals surface area (Å²) in [4.78, 5) is 0. The van der Waals surface area contributed by atoms with Gasteiger partial charge in [0.05, 0.1) is 0 Å². The van der Waals surface area contributed by atoms with E-state index in [2.05, 4.69) is 182 Å². The minimum absolute atomic E-state index is 0.0390. The maximum Gasteiger partial charge on any atom is 0.530 e. The SMILES string of the molecule is CCC(C)(C)c1cc(C(C)(C)CC)c(OP(Oc2cc(C)c(C(C)(C)CC)cc2C(C)(C)CC)Oc2cc(C)c(C(C)(C)CC)cc2C(C)(C)CC)cc1C. The molecule has 0 aliphatic carbocycles. The van der Waals surface area contributed by atoms with Crippen LogP contribution in [-0.4, -0.2) is 0 Å². The second-order valence-corrected chi connectivity index (χ2v) is 21.4. The van der Waals surface area contributed by atoms with Gasteiger partial charge in [-0.2, -0.15) is 0 Å². The molecule has 3 nitrogen and oxygen atoms in total. The number of benzene rings is 3. The lowest BCUT2D eigenvalue weighted by Gasteiger charge is -2.34. The van der Waals surface area contributed by atoms with Crippen LogP contribution in [0.2, 0.25) is 0 Å². The minimum atomic E-state index is -1.96. The molecule has 0 heterocycles. The monoisotopic (exact) mass is 773 g/mol. The first-order chi connectivity index (χ1) is 25.2. The average molecular weight is 773 g/mol. The van der Waals surface area contributed by atoms with Crippen molar-refractivity contribution in [2.45, 2.75) is 216 Å². The van der Waals surface area contributed by atoms with Crippen LogP contribution in [0, 0.1) is 20.8 Å². The number of aryl methyl sites for hydroxylation is 3. The summed E-state index contributed by atoms with van der Waals surface area (Å²) >= 11 is 0. The molecule has 0 saturated carbocycles. The fraction of sp³-hybridized carbons (Fsp3) is 0.647. The fourth-order valence-corrected chi connectivity index (χ4v) is 8.53. The van der Waals surface area contributed by atoms with Gasteiger partial charge in [0.2, 0.25) is 0 Å². The van der Waals surface area contributed by atoms with Crippen molar-refractivity contribution in [3.63, 3.8) is 0 Å². The molecular formula is C51H81O3P. The lowest BCUT2D eigenvalue weighted by Crippen LogP contribution is -2.24. The van der Waals surface area contributed by atoms with Gasteiger partial charge in [-0.15, -0.1) is 0 Å². The number of rotatable bonds is 18. The van der Waals surface area contributed by atoms with E-state index in [1.54, 1.807) is 0 Å². The molecule has 0 atom stereocenters. The van der Waals surface area contributed by atoms with Gasteiger partial charge in [-0.05, 0) is 143 Å². The Labute approximate surface area is 341 Å². The third-order valence-corrected chi connectivity index (χ3v) is 15.2. The van der Waals surface area contributed by atoms with Crippen LogP contribution in [0.4, 0.5) is 0 Å². The number of hydrogen-bond acceptors (Lipinski definition) is 3. The lowest BCUT2D eigenvalue weighted by atomic mass is 9.74. The first-order valence-corrected chi connectivity index (χ1v) is 22.6. The highest BCUT2D eigenvalue weighted by Gasteiger charge is 2.36. The Hall–Kier alpha value is -2.51. The average Bonchev–Trinajstić information content (AvgIpc) is 3.10. The number of hydrogen-bond donors (Lipinski definition) is 0. The zero-order chi connectivity index (χ0) is 42.1. The smallest absolute Gasteiger partial charge is 0.408 e. The van der Waals surface area contributed by atoms with Crippen LogP contribution in [0.15, 0.2) is 36.4 Å². The van der Waals surface area contributed by atoms with E-state index in [0.717, 1.165) is 55.8 Å². The zero-order valence-corrected chi connectivity index (χ0v) is 40.3. The molecule has 3 aromatic carbocycles. The van der Waals surface area contributed by atoms with Crippen LogP contribution < -0.4 is 13.6 Å². The van der Waals surface area contributed by atoms with Gasteiger partial charge in [-0.1, -0.05) is 143 Å². The largest absolute Gasteiger partial charge is 0.530 e. The molecule has 0 N–H and O–H groups in total. The van der Waals surface area contributed by atoms with Gasteiger partial charge in [0, 0.05) is 16.7 Å². The third-order valence-electron chi connectivity index (χ3n) is 14.2. The van der Waals surface area contributed by atoms with E-state index in [4.69, 9.17) is 13.6 Å². The van der Waals surface area contributed by atoms with Crippen molar-refractivity contribution in [2.75, 3.05) is 0 Å². The molecule has 3 rings (SSSR count). The minimum Gasteiger partial charge on any atom is -0.408 e. The molecular weight excluding hydrogens is 692 g/mol. The van der Waals surface area contributed by atoms with Crippen molar-refractivity contribution in [1.29, 1.82) is 0 Å². The van der Waals surface area contributed by atoms with Gasteiger partial charge < -0.3 is 13.6 Å². The van der Waals surface area contributed by atoms with Crippen LogP contribution in [0.5, 0.6) is 17.2 Å². The standard InChI is InChI=1S/C51H81O3P/c1-22-46(10,11)37-31-40(49(16,17)25-4)43(28-34(37)7)52-55(53-44-29-35(8)38(47(12,13)23-2)32-41(44)50(18,19)26-5)54-45-30-36(9)39(48(14,15)24-3)33-42(45)51(20,21)27-6/h28-33H,22-27H2,1-21H3. The Morgan fingerprint density at radius 2 is 0.509 bits per heavy atom. The fourth-order valence-electron chi connectivity index (χ4n) is 7.48. The molecule has 0 unspecified atom stereocenters. The van der Waals surface area contributed by atoms with Crippen molar-refractivity contribution in [2.24, 2.45) is 0 Å². The van der Waals surface area contributed by atoms with E-state index in [0.29, 0.717) is 0 Å². The molecule has 0 saturated heterocycles. The van der Waals surface area contributed by atoms with Gasteiger partial charge in [-0.3, -0.25) is 0 Å². The van der Waals surface area contributed by atoms with Crippen LogP contribution in [0.3, 0.4) is 0 Å². The molecule has 0 aliphatic heterocycles. The van der Waals surface area contributed by atoms with Crippen LogP contribution in [0.1, 0.15) is 213 Å². The predicted octanol–water partition coefficient (Wildman–Crippen LogP) is 16.5. The maximum atomic E-state index is 7.26. The molecule has 0 aromatic heterocycles. The highest BCUT2D eigenvalue weighted by Crippen LogP contribution is 2.52. The molecule has 3 aromatic rings. The van der Waals surface area contributed by atoms with Gasteiger partial charge in [-0.25, -0.2) is 0 Å². The first-order valence-electron chi connectivity index (χ1n) is 21.5. The summed E-state index contributed by atoms with van der Waals surface area (Å²) in [5.41, 5.74) is 11.2. The Morgan fingerprint density at radius 3 is 0.691 bits per heavy atom. The van der Waals surface area contributed by atoms with E-state index >= 15 is 0 Å². The van der Waals surface area contributed by atoms with Crippen molar-refractivity contribution in [1.82, 2.24) is 0 Å². The molecule has 0 fully saturated rings. The second-order valence-electron chi connectivity index (χ2n) is 20.4. The molecule has 0 radical (unpaired) electrons. The van der Waals surface area contributed by atoms with E-state index in [1.807, 2.05) is 0 Å². The summed E-state index contributed by atoms with van der Waals surface area (Å²) in [5.74, 6) is 2.54. The van der Waals surface area contributed by atoms with Crippen LogP contribution in [0.25, 0.3) is 0 Å². The zero-order valence-electron chi connectivity index (χ0n) is 39.4. The Balaban J connectivity index is 2.44. The summed E-state index contributed by atoms with van der Waals surface area (Å²) in [5, 5.41) is 0. The van der Waals surface area contributed by atoms with Crippen molar-refractivity contribution in [3.8, 4) is 17.2 Å². The quantitative estimate of drug-likeness (QED) is 0.121. The molecule has 0 aliphatic rings. The Bertz CT molecular complexity index is 1580. The summed E-state index contributed by atoms with van der Waals surface area (Å²) in [6.07, 6.45) is 6.09. The van der Waals surface area contributed by atoms with E-state index in [9.17, 15) is 0 Å². The van der Waals surface area contributed by atoms with E-state index in [1.165, 1.54) is 50.1 Å². The van der Waals surface area contributed by atoms with Gasteiger partial charge >= 0.3 is 8.60 Å². The molecule has 0 spiro atoms. The van der Waals surface area contributed by atoms with Crippen molar-refractivity contribution in [3.05, 3.63) is 86.5 Å². The van der Waals surface area contributed by atoms with E-state index < -0.39 is 8.60 Å². The highest BCUT2D eigenvalue weighted by atomic mass is 31.2. The summed E-state index contributed by atoms with van der Waals surface area (Å²) in [6, 6.07) is 14.0. The predicted molar refractivity (Wildman–Crippen MR) is 242 cm³/mol. The summed E-state index contributed by atoms with van der Waals surface area (Å²) in [6.45, 7) is 48.4. The maximum absolute atomic E-state index is 7.26.